The molecule has 0 aromatic heterocycles. The maximum absolute atomic E-state index is 11.8. The fraction of sp³-hybridized carbons (Fsp3) is 0.364. The number of hydrogen-bond acceptors (Lipinski definition) is 1. The van der Waals surface area contributed by atoms with E-state index in [0.29, 0.717) is 0 Å². The first-order chi connectivity index (χ1) is 6.13. The minimum Gasteiger partial charge on any atom is -0.331 e. The molecule has 0 aliphatic carbocycles. The van der Waals surface area contributed by atoms with E-state index in [0.717, 1.165) is 10.5 Å². The third kappa shape index (κ3) is 2.39. The summed E-state index contributed by atoms with van der Waals surface area (Å²) in [4.78, 5) is 12.9. The Kier molecular flexibility index (Phi) is 3.20. The van der Waals surface area contributed by atoms with Crippen LogP contribution in [-0.4, -0.2) is 25.9 Å². The maximum Gasteiger partial charge on any atom is 0.219 e. The third-order valence-electron chi connectivity index (χ3n) is 2.32. The van der Waals surface area contributed by atoms with Crippen LogP contribution in [0.5, 0.6) is 0 Å². The van der Waals surface area contributed by atoms with Gasteiger partial charge in [0.1, 0.15) is 6.04 Å². The van der Waals surface area contributed by atoms with Crippen molar-refractivity contribution in [2.45, 2.75) is 13.0 Å². The average molecular weight is 178 g/mol. The number of ketones is 1. The smallest absolute Gasteiger partial charge is 0.219 e. The van der Waals surface area contributed by atoms with Crippen molar-refractivity contribution in [2.24, 2.45) is 0 Å². The zero-order valence-corrected chi connectivity index (χ0v) is 8.37. The molecule has 2 heteroatoms. The molecule has 1 aromatic carbocycles. The molecule has 1 rings (SSSR count). The van der Waals surface area contributed by atoms with Crippen LogP contribution in [0.15, 0.2) is 30.3 Å². The summed E-state index contributed by atoms with van der Waals surface area (Å²) in [7, 11) is 3.98. The number of nitrogens with one attached hydrogen (secondary N) is 1. The number of rotatable bonds is 3. The summed E-state index contributed by atoms with van der Waals surface area (Å²) in [5.41, 5.74) is 0.802. The highest BCUT2D eigenvalue weighted by molar-refractivity contribution is 5.98. The van der Waals surface area contributed by atoms with E-state index in [1.807, 2.05) is 51.4 Å². The quantitative estimate of drug-likeness (QED) is 0.665. The van der Waals surface area contributed by atoms with E-state index < -0.39 is 0 Å². The molecule has 0 aliphatic rings. The van der Waals surface area contributed by atoms with Crippen LogP contribution in [0.1, 0.15) is 17.3 Å². The van der Waals surface area contributed by atoms with Crippen molar-refractivity contribution < 1.29 is 9.69 Å². The first kappa shape index (κ1) is 9.93. The predicted octanol–water partition coefficient (Wildman–Crippen LogP) is 0.402. The first-order valence-electron chi connectivity index (χ1n) is 4.52. The van der Waals surface area contributed by atoms with E-state index in [1.165, 1.54) is 0 Å². The van der Waals surface area contributed by atoms with Gasteiger partial charge in [-0.2, -0.15) is 0 Å². The van der Waals surface area contributed by atoms with Gasteiger partial charge in [-0.3, -0.25) is 4.79 Å². The fourth-order valence-electron chi connectivity index (χ4n) is 1.11. The minimum absolute atomic E-state index is 0.0300. The van der Waals surface area contributed by atoms with Crippen molar-refractivity contribution in [3.8, 4) is 0 Å². The van der Waals surface area contributed by atoms with Crippen molar-refractivity contribution in [1.29, 1.82) is 0 Å². The van der Waals surface area contributed by atoms with Gasteiger partial charge in [0.15, 0.2) is 0 Å². The molecule has 1 N–H and O–H groups in total. The highest BCUT2D eigenvalue weighted by Gasteiger charge is 2.19. The number of quaternary nitrogens is 1. The van der Waals surface area contributed by atoms with Crippen LogP contribution in [0.25, 0.3) is 0 Å². The number of benzene rings is 1. The van der Waals surface area contributed by atoms with E-state index in [-0.39, 0.29) is 11.8 Å². The Hall–Kier alpha value is -1.15. The third-order valence-corrected chi connectivity index (χ3v) is 2.32. The SMILES string of the molecule is C[C@H](C(=O)c1ccccc1)[NH+](C)C. The van der Waals surface area contributed by atoms with Gasteiger partial charge in [-0.15, -0.1) is 0 Å². The Morgan fingerprint density at radius 1 is 1.23 bits per heavy atom. The molecule has 0 unspecified atom stereocenters. The van der Waals surface area contributed by atoms with Gasteiger partial charge in [0.25, 0.3) is 0 Å². The van der Waals surface area contributed by atoms with Gasteiger partial charge in [-0.25, -0.2) is 0 Å². The van der Waals surface area contributed by atoms with Crippen molar-refractivity contribution in [1.82, 2.24) is 0 Å². The summed E-state index contributed by atoms with van der Waals surface area (Å²) < 4.78 is 0. The summed E-state index contributed by atoms with van der Waals surface area (Å²) >= 11 is 0. The molecule has 70 valence electrons. The molecule has 0 saturated carbocycles. The molecule has 0 amide bonds. The lowest BCUT2D eigenvalue weighted by atomic mass is 10.1. The fourth-order valence-corrected chi connectivity index (χ4v) is 1.11. The highest BCUT2D eigenvalue weighted by Crippen LogP contribution is 2.01. The topological polar surface area (TPSA) is 21.5 Å². The number of carbonyl (C=O) groups is 1. The molecular weight excluding hydrogens is 162 g/mol. The summed E-state index contributed by atoms with van der Waals surface area (Å²) in [6, 6.07) is 9.46. The van der Waals surface area contributed by atoms with Gasteiger partial charge >= 0.3 is 0 Å². The van der Waals surface area contributed by atoms with Gasteiger partial charge in [-0.1, -0.05) is 30.3 Å². The Morgan fingerprint density at radius 3 is 2.23 bits per heavy atom. The molecule has 1 atom stereocenters. The molecule has 0 fully saturated rings. The molecule has 0 radical (unpaired) electrons. The number of likely N-dealkylation sites (N-methyl/N-ethyl adjacent to an activating group) is 1. The highest BCUT2D eigenvalue weighted by atomic mass is 16.1. The molecule has 0 saturated heterocycles. The number of Topliss-reactive ketones (excluding diaryl/α,β-unsaturated/α-hetero) is 1. The van der Waals surface area contributed by atoms with Crippen molar-refractivity contribution in [3.05, 3.63) is 35.9 Å². The van der Waals surface area contributed by atoms with Gasteiger partial charge in [0.05, 0.1) is 14.1 Å². The first-order valence-corrected chi connectivity index (χ1v) is 4.52. The molecule has 0 spiro atoms. The molecule has 2 nitrogen and oxygen atoms in total. The van der Waals surface area contributed by atoms with Crippen molar-refractivity contribution in [3.63, 3.8) is 0 Å². The number of hydrogen-bond donors (Lipinski definition) is 1. The van der Waals surface area contributed by atoms with Gasteiger partial charge in [0, 0.05) is 5.56 Å². The summed E-state index contributed by atoms with van der Waals surface area (Å²) in [6.07, 6.45) is 0. The normalized spacial score (nSPS) is 12.9. The Morgan fingerprint density at radius 2 is 1.77 bits per heavy atom. The second-order valence-corrected chi connectivity index (χ2v) is 3.53. The lowest BCUT2D eigenvalue weighted by molar-refractivity contribution is -0.872. The van der Waals surface area contributed by atoms with Gasteiger partial charge in [-0.05, 0) is 6.92 Å². The summed E-state index contributed by atoms with van der Waals surface area (Å²) in [6.45, 7) is 1.95. The van der Waals surface area contributed by atoms with E-state index in [1.54, 1.807) is 0 Å². The number of carbonyl (C=O) groups excluding carboxylic acids is 1. The summed E-state index contributed by atoms with van der Waals surface area (Å²) in [5.74, 6) is 0.209. The average Bonchev–Trinajstić information content (AvgIpc) is 2.17. The van der Waals surface area contributed by atoms with Gasteiger partial charge in [0.2, 0.25) is 5.78 Å². The largest absolute Gasteiger partial charge is 0.331 e. The van der Waals surface area contributed by atoms with Crippen LogP contribution in [0.2, 0.25) is 0 Å². The van der Waals surface area contributed by atoms with E-state index in [9.17, 15) is 4.79 Å². The Bertz CT molecular complexity index is 279. The molecular formula is C11H16NO+. The van der Waals surface area contributed by atoms with Crippen LogP contribution < -0.4 is 4.90 Å². The van der Waals surface area contributed by atoms with Crippen LogP contribution in [0.3, 0.4) is 0 Å². The molecule has 0 aliphatic heterocycles. The lowest BCUT2D eigenvalue weighted by Gasteiger charge is -2.15. The van der Waals surface area contributed by atoms with E-state index in [4.69, 9.17) is 0 Å². The Labute approximate surface area is 79.2 Å². The molecule has 1 aromatic rings. The van der Waals surface area contributed by atoms with Crippen LogP contribution >= 0.6 is 0 Å². The second-order valence-electron chi connectivity index (χ2n) is 3.53. The van der Waals surface area contributed by atoms with E-state index in [2.05, 4.69) is 0 Å². The minimum atomic E-state index is 0.0300. The maximum atomic E-state index is 11.8. The Balaban J connectivity index is 2.80. The lowest BCUT2D eigenvalue weighted by Crippen LogP contribution is -3.10. The zero-order valence-electron chi connectivity index (χ0n) is 8.37. The molecule has 0 heterocycles. The van der Waals surface area contributed by atoms with Crippen molar-refractivity contribution >= 4 is 5.78 Å². The molecule has 0 bridgehead atoms. The van der Waals surface area contributed by atoms with E-state index >= 15 is 0 Å². The van der Waals surface area contributed by atoms with Crippen LogP contribution in [0, 0.1) is 0 Å². The van der Waals surface area contributed by atoms with Crippen LogP contribution in [-0.2, 0) is 0 Å². The zero-order chi connectivity index (χ0) is 9.84. The summed E-state index contributed by atoms with van der Waals surface area (Å²) in [5, 5.41) is 0. The molecule has 13 heavy (non-hydrogen) atoms. The standard InChI is InChI=1S/C11H15NO/c1-9(12(2)3)11(13)10-7-5-4-6-8-10/h4-9H,1-3H3/p+1/t9-/m1/s1. The predicted molar refractivity (Wildman–Crippen MR) is 53.0 cm³/mol. The second kappa shape index (κ2) is 4.19. The van der Waals surface area contributed by atoms with Crippen LogP contribution in [0.4, 0.5) is 0 Å². The monoisotopic (exact) mass is 178 g/mol. The van der Waals surface area contributed by atoms with Gasteiger partial charge < -0.3 is 4.90 Å². The van der Waals surface area contributed by atoms with Crippen molar-refractivity contribution in [2.75, 3.05) is 14.1 Å².